The smallest absolute Gasteiger partial charge is 0.0346 e. The van der Waals surface area contributed by atoms with Gasteiger partial charge in [-0.25, -0.2) is 0 Å². The molecule has 0 bridgehead atoms. The van der Waals surface area contributed by atoms with Gasteiger partial charge >= 0.3 is 0 Å². The number of nitrogen functional groups attached to an aromatic ring is 1. The summed E-state index contributed by atoms with van der Waals surface area (Å²) in [5, 5.41) is 2.36. The van der Waals surface area contributed by atoms with Crippen LogP contribution in [0.15, 0.2) is 60.9 Å². The minimum atomic E-state index is 0.798. The van der Waals surface area contributed by atoms with Crippen molar-refractivity contribution in [2.75, 3.05) is 5.73 Å². The number of benzene rings is 2. The molecule has 0 amide bonds. The van der Waals surface area contributed by atoms with Gasteiger partial charge in [0.05, 0.1) is 0 Å². The first-order valence-corrected chi connectivity index (χ1v) is 5.53. The van der Waals surface area contributed by atoms with Crippen LogP contribution in [-0.4, -0.2) is 4.98 Å². The second-order valence-corrected chi connectivity index (χ2v) is 4.06. The molecule has 0 aliphatic heterocycles. The molecule has 17 heavy (non-hydrogen) atoms. The highest BCUT2D eigenvalue weighted by Gasteiger charge is 1.99. The van der Waals surface area contributed by atoms with E-state index in [1.165, 1.54) is 10.9 Å². The fourth-order valence-electron chi connectivity index (χ4n) is 1.98. The molecule has 0 saturated carbocycles. The SMILES string of the molecule is Nc1ccc2cc(-c3cccnc3)ccc2c1. The van der Waals surface area contributed by atoms with Crippen molar-refractivity contribution < 1.29 is 0 Å². The number of fused-ring (bicyclic) bond motifs is 1. The van der Waals surface area contributed by atoms with Crippen molar-refractivity contribution in [3.8, 4) is 11.1 Å². The van der Waals surface area contributed by atoms with E-state index in [2.05, 4.69) is 29.2 Å². The Morgan fingerprint density at radius 3 is 2.47 bits per heavy atom. The van der Waals surface area contributed by atoms with Crippen LogP contribution in [0.2, 0.25) is 0 Å². The summed E-state index contributed by atoms with van der Waals surface area (Å²) in [4.78, 5) is 4.14. The van der Waals surface area contributed by atoms with Gasteiger partial charge < -0.3 is 5.73 Å². The summed E-state index contributed by atoms with van der Waals surface area (Å²) in [6.07, 6.45) is 3.66. The molecule has 2 nitrogen and oxygen atoms in total. The third-order valence-corrected chi connectivity index (χ3v) is 2.86. The standard InChI is InChI=1S/C15H12N2/c16-15-6-5-11-8-12(3-4-13(11)9-15)14-2-1-7-17-10-14/h1-10H,16H2. The summed E-state index contributed by atoms with van der Waals surface area (Å²) >= 11 is 0. The van der Waals surface area contributed by atoms with Crippen LogP contribution in [0.5, 0.6) is 0 Å². The first-order valence-electron chi connectivity index (χ1n) is 5.53. The fraction of sp³-hybridized carbons (Fsp3) is 0. The fourth-order valence-corrected chi connectivity index (χ4v) is 1.98. The summed E-state index contributed by atoms with van der Waals surface area (Å²) in [5.74, 6) is 0. The minimum Gasteiger partial charge on any atom is -0.399 e. The first-order chi connectivity index (χ1) is 8.33. The normalized spacial score (nSPS) is 10.6. The lowest BCUT2D eigenvalue weighted by Crippen LogP contribution is -1.84. The van der Waals surface area contributed by atoms with E-state index >= 15 is 0 Å². The number of rotatable bonds is 1. The maximum atomic E-state index is 5.76. The number of hydrogen-bond donors (Lipinski definition) is 1. The minimum absolute atomic E-state index is 0.798. The van der Waals surface area contributed by atoms with Crippen LogP contribution >= 0.6 is 0 Å². The van der Waals surface area contributed by atoms with E-state index in [1.807, 2.05) is 30.5 Å². The first kappa shape index (κ1) is 9.85. The molecule has 1 heterocycles. The molecule has 0 atom stereocenters. The predicted octanol–water partition coefficient (Wildman–Crippen LogP) is 3.48. The molecule has 0 saturated heterocycles. The molecule has 2 N–H and O–H groups in total. The van der Waals surface area contributed by atoms with Gasteiger partial charge in [0.15, 0.2) is 0 Å². The number of aromatic nitrogens is 1. The molecule has 0 aliphatic carbocycles. The summed E-state index contributed by atoms with van der Waals surface area (Å²) in [6, 6.07) is 16.3. The van der Waals surface area contributed by atoms with Crippen LogP contribution in [0.25, 0.3) is 21.9 Å². The number of nitrogens with two attached hydrogens (primary N) is 1. The van der Waals surface area contributed by atoms with Gasteiger partial charge in [0, 0.05) is 23.6 Å². The molecule has 82 valence electrons. The maximum absolute atomic E-state index is 5.76. The van der Waals surface area contributed by atoms with Gasteiger partial charge in [0.1, 0.15) is 0 Å². The topological polar surface area (TPSA) is 38.9 Å². The van der Waals surface area contributed by atoms with Crippen LogP contribution in [0.3, 0.4) is 0 Å². The lowest BCUT2D eigenvalue weighted by atomic mass is 10.0. The van der Waals surface area contributed by atoms with E-state index in [4.69, 9.17) is 5.73 Å². The molecule has 0 fully saturated rings. The zero-order valence-corrected chi connectivity index (χ0v) is 9.30. The molecule has 0 unspecified atom stereocenters. The monoisotopic (exact) mass is 220 g/mol. The zero-order valence-electron chi connectivity index (χ0n) is 9.30. The van der Waals surface area contributed by atoms with Crippen molar-refractivity contribution in [3.05, 3.63) is 60.9 Å². The lowest BCUT2D eigenvalue weighted by molar-refractivity contribution is 1.33. The maximum Gasteiger partial charge on any atom is 0.0346 e. The Balaban J connectivity index is 2.17. The quantitative estimate of drug-likeness (QED) is 0.637. The second-order valence-electron chi connectivity index (χ2n) is 4.06. The Kier molecular flexibility index (Phi) is 2.26. The van der Waals surface area contributed by atoms with Crippen LogP contribution in [0.4, 0.5) is 5.69 Å². The molecule has 2 aromatic carbocycles. The Morgan fingerprint density at radius 1 is 0.824 bits per heavy atom. The van der Waals surface area contributed by atoms with Crippen LogP contribution < -0.4 is 5.73 Å². The van der Waals surface area contributed by atoms with Crippen LogP contribution in [-0.2, 0) is 0 Å². The van der Waals surface area contributed by atoms with Gasteiger partial charge in [0.25, 0.3) is 0 Å². The largest absolute Gasteiger partial charge is 0.399 e. The third-order valence-electron chi connectivity index (χ3n) is 2.86. The average molecular weight is 220 g/mol. The van der Waals surface area contributed by atoms with Crippen molar-refractivity contribution in [3.63, 3.8) is 0 Å². The van der Waals surface area contributed by atoms with E-state index in [0.717, 1.165) is 16.6 Å². The van der Waals surface area contributed by atoms with Crippen molar-refractivity contribution in [2.24, 2.45) is 0 Å². The molecule has 0 aliphatic rings. The van der Waals surface area contributed by atoms with Gasteiger partial charge in [-0.3, -0.25) is 4.98 Å². The molecular weight excluding hydrogens is 208 g/mol. The van der Waals surface area contributed by atoms with E-state index in [1.54, 1.807) is 6.20 Å². The number of nitrogens with zero attached hydrogens (tertiary/aromatic N) is 1. The van der Waals surface area contributed by atoms with Crippen molar-refractivity contribution in [2.45, 2.75) is 0 Å². The Morgan fingerprint density at radius 2 is 1.65 bits per heavy atom. The van der Waals surface area contributed by atoms with Gasteiger partial charge in [-0.2, -0.15) is 0 Å². The molecule has 2 heteroatoms. The van der Waals surface area contributed by atoms with E-state index < -0.39 is 0 Å². The summed E-state index contributed by atoms with van der Waals surface area (Å²) in [7, 11) is 0. The van der Waals surface area contributed by atoms with Gasteiger partial charge in [0.2, 0.25) is 0 Å². The van der Waals surface area contributed by atoms with Crippen LogP contribution in [0.1, 0.15) is 0 Å². The summed E-state index contributed by atoms with van der Waals surface area (Å²) < 4.78 is 0. The number of anilines is 1. The van der Waals surface area contributed by atoms with Gasteiger partial charge in [-0.15, -0.1) is 0 Å². The summed E-state index contributed by atoms with van der Waals surface area (Å²) in [6.45, 7) is 0. The van der Waals surface area contributed by atoms with E-state index in [-0.39, 0.29) is 0 Å². The van der Waals surface area contributed by atoms with Crippen molar-refractivity contribution >= 4 is 16.5 Å². The van der Waals surface area contributed by atoms with Gasteiger partial charge in [-0.1, -0.05) is 24.3 Å². The van der Waals surface area contributed by atoms with Gasteiger partial charge in [-0.05, 0) is 40.6 Å². The van der Waals surface area contributed by atoms with Crippen LogP contribution in [0, 0.1) is 0 Å². The Bertz CT molecular complexity index is 660. The van der Waals surface area contributed by atoms with Crippen molar-refractivity contribution in [1.82, 2.24) is 4.98 Å². The lowest BCUT2D eigenvalue weighted by Gasteiger charge is -2.04. The second kappa shape index (κ2) is 3.91. The molecule has 1 aromatic heterocycles. The van der Waals surface area contributed by atoms with Crippen molar-refractivity contribution in [1.29, 1.82) is 0 Å². The Labute approximate surface area is 99.7 Å². The highest BCUT2D eigenvalue weighted by Crippen LogP contribution is 2.24. The molecule has 0 spiro atoms. The molecule has 3 aromatic rings. The molecular formula is C15H12N2. The number of pyridine rings is 1. The predicted molar refractivity (Wildman–Crippen MR) is 71.6 cm³/mol. The number of hydrogen-bond acceptors (Lipinski definition) is 2. The Hall–Kier alpha value is -2.35. The zero-order chi connectivity index (χ0) is 11.7. The summed E-state index contributed by atoms with van der Waals surface area (Å²) in [5.41, 5.74) is 8.87. The van der Waals surface area contributed by atoms with E-state index in [0.29, 0.717) is 0 Å². The molecule has 3 rings (SSSR count). The highest BCUT2D eigenvalue weighted by molar-refractivity contribution is 5.89. The van der Waals surface area contributed by atoms with E-state index in [9.17, 15) is 0 Å². The molecule has 0 radical (unpaired) electrons. The average Bonchev–Trinajstić information content (AvgIpc) is 2.39. The highest BCUT2D eigenvalue weighted by atomic mass is 14.6. The third kappa shape index (κ3) is 1.85.